The maximum absolute atomic E-state index is 11.9. The normalized spacial score (nSPS) is 23.1. The second kappa shape index (κ2) is 6.71. The first kappa shape index (κ1) is 14.1. The summed E-state index contributed by atoms with van der Waals surface area (Å²) in [6, 6.07) is 8.00. The first-order valence-electron chi connectivity index (χ1n) is 7.14. The number of nitrogens with one attached hydrogen (secondary N) is 1. The maximum atomic E-state index is 11.9. The number of aliphatic hydroxyl groups is 1. The first-order valence-corrected chi connectivity index (χ1v) is 7.14. The summed E-state index contributed by atoms with van der Waals surface area (Å²) in [5, 5.41) is 12.5. The summed E-state index contributed by atoms with van der Waals surface area (Å²) in [6.07, 6.45) is 4.12. The molecular formula is C16H23NO2. The van der Waals surface area contributed by atoms with Crippen molar-refractivity contribution < 1.29 is 9.90 Å². The zero-order valence-electron chi connectivity index (χ0n) is 11.6. The quantitative estimate of drug-likeness (QED) is 0.873. The highest BCUT2D eigenvalue weighted by molar-refractivity contribution is 5.78. The minimum Gasteiger partial charge on any atom is -0.393 e. The summed E-state index contributed by atoms with van der Waals surface area (Å²) in [4.78, 5) is 11.9. The molecule has 3 nitrogen and oxygen atoms in total. The fourth-order valence-electron chi connectivity index (χ4n) is 2.65. The lowest BCUT2D eigenvalue weighted by Gasteiger charge is -2.25. The number of aliphatic hydroxyl groups excluding tert-OH is 1. The molecule has 1 aromatic rings. The van der Waals surface area contributed by atoms with E-state index < -0.39 is 0 Å². The molecule has 0 unspecified atom stereocenters. The van der Waals surface area contributed by atoms with Crippen LogP contribution in [-0.2, 0) is 11.2 Å². The average Bonchev–Trinajstić information content (AvgIpc) is 2.41. The summed E-state index contributed by atoms with van der Waals surface area (Å²) >= 11 is 0. The highest BCUT2D eigenvalue weighted by atomic mass is 16.3. The van der Waals surface area contributed by atoms with Crippen LogP contribution in [0.1, 0.15) is 36.8 Å². The third-order valence-corrected chi connectivity index (χ3v) is 4.02. The van der Waals surface area contributed by atoms with Gasteiger partial charge in [0.2, 0.25) is 5.91 Å². The van der Waals surface area contributed by atoms with Gasteiger partial charge in [-0.25, -0.2) is 0 Å². The second-order valence-electron chi connectivity index (χ2n) is 5.58. The molecule has 0 saturated heterocycles. The van der Waals surface area contributed by atoms with Crippen LogP contribution in [0.4, 0.5) is 0 Å². The highest BCUT2D eigenvalue weighted by Gasteiger charge is 2.19. The van der Waals surface area contributed by atoms with Gasteiger partial charge in [0.05, 0.1) is 12.5 Å². The molecule has 1 fully saturated rings. The van der Waals surface area contributed by atoms with Crippen LogP contribution in [0.2, 0.25) is 0 Å². The molecule has 0 radical (unpaired) electrons. The Morgan fingerprint density at radius 2 is 1.95 bits per heavy atom. The Bertz CT molecular complexity index is 423. The lowest BCUT2D eigenvalue weighted by atomic mass is 9.87. The van der Waals surface area contributed by atoms with Gasteiger partial charge in [-0.3, -0.25) is 4.79 Å². The number of amides is 1. The zero-order valence-corrected chi connectivity index (χ0v) is 11.6. The molecule has 1 saturated carbocycles. The minimum atomic E-state index is -0.126. The van der Waals surface area contributed by atoms with Crippen molar-refractivity contribution in [2.75, 3.05) is 6.54 Å². The van der Waals surface area contributed by atoms with Gasteiger partial charge in [0.15, 0.2) is 0 Å². The minimum absolute atomic E-state index is 0.0976. The largest absolute Gasteiger partial charge is 0.393 e. The van der Waals surface area contributed by atoms with Crippen LogP contribution < -0.4 is 5.32 Å². The zero-order chi connectivity index (χ0) is 13.7. The predicted octanol–water partition coefficient (Wildman–Crippen LogP) is 2.20. The van der Waals surface area contributed by atoms with E-state index in [1.54, 1.807) is 0 Å². The lowest BCUT2D eigenvalue weighted by Crippen LogP contribution is -2.33. The van der Waals surface area contributed by atoms with E-state index in [4.69, 9.17) is 0 Å². The highest BCUT2D eigenvalue weighted by Crippen LogP contribution is 2.23. The van der Waals surface area contributed by atoms with E-state index in [1.165, 1.54) is 5.56 Å². The van der Waals surface area contributed by atoms with Gasteiger partial charge in [-0.15, -0.1) is 0 Å². The van der Waals surface area contributed by atoms with Crippen LogP contribution in [0.3, 0.4) is 0 Å². The van der Waals surface area contributed by atoms with Crippen molar-refractivity contribution in [3.05, 3.63) is 35.4 Å². The molecule has 0 aliphatic heterocycles. The van der Waals surface area contributed by atoms with E-state index in [9.17, 15) is 9.90 Å². The molecule has 3 heteroatoms. The van der Waals surface area contributed by atoms with Crippen molar-refractivity contribution in [2.24, 2.45) is 5.92 Å². The van der Waals surface area contributed by atoms with Gasteiger partial charge in [0, 0.05) is 6.54 Å². The smallest absolute Gasteiger partial charge is 0.224 e. The first-order chi connectivity index (χ1) is 9.15. The van der Waals surface area contributed by atoms with Crippen molar-refractivity contribution in [1.82, 2.24) is 5.32 Å². The molecule has 1 aliphatic rings. The summed E-state index contributed by atoms with van der Waals surface area (Å²) in [7, 11) is 0. The lowest BCUT2D eigenvalue weighted by molar-refractivity contribution is -0.120. The monoisotopic (exact) mass is 261 g/mol. The number of carbonyl (C=O) groups is 1. The van der Waals surface area contributed by atoms with E-state index >= 15 is 0 Å². The third-order valence-electron chi connectivity index (χ3n) is 4.02. The van der Waals surface area contributed by atoms with Gasteiger partial charge in [0.25, 0.3) is 0 Å². The standard InChI is InChI=1S/C16H23NO2/c1-12-4-2-3-5-14(12)10-16(19)17-11-13-6-8-15(18)9-7-13/h2-5,13,15,18H,6-11H2,1H3,(H,17,19). The van der Waals surface area contributed by atoms with Crippen molar-refractivity contribution in [3.63, 3.8) is 0 Å². The van der Waals surface area contributed by atoms with Gasteiger partial charge in [-0.1, -0.05) is 24.3 Å². The molecule has 1 aliphatic carbocycles. The van der Waals surface area contributed by atoms with E-state index in [0.717, 1.165) is 37.8 Å². The number of benzene rings is 1. The van der Waals surface area contributed by atoms with E-state index in [2.05, 4.69) is 5.32 Å². The van der Waals surface area contributed by atoms with Gasteiger partial charge >= 0.3 is 0 Å². The molecule has 19 heavy (non-hydrogen) atoms. The Balaban J connectivity index is 1.74. The van der Waals surface area contributed by atoms with Crippen molar-refractivity contribution in [2.45, 2.75) is 45.1 Å². The SMILES string of the molecule is Cc1ccccc1CC(=O)NCC1CCC(O)CC1. The summed E-state index contributed by atoms with van der Waals surface area (Å²) in [5.41, 5.74) is 2.26. The third kappa shape index (κ3) is 4.35. The van der Waals surface area contributed by atoms with Crippen molar-refractivity contribution in [1.29, 1.82) is 0 Å². The van der Waals surface area contributed by atoms with Crippen LogP contribution in [0, 0.1) is 12.8 Å². The number of carbonyl (C=O) groups excluding carboxylic acids is 1. The van der Waals surface area contributed by atoms with Crippen LogP contribution in [0.15, 0.2) is 24.3 Å². The van der Waals surface area contributed by atoms with E-state index in [0.29, 0.717) is 12.3 Å². The van der Waals surface area contributed by atoms with Crippen LogP contribution >= 0.6 is 0 Å². The average molecular weight is 261 g/mol. The second-order valence-corrected chi connectivity index (χ2v) is 5.58. The van der Waals surface area contributed by atoms with Crippen LogP contribution in [0.5, 0.6) is 0 Å². The van der Waals surface area contributed by atoms with Gasteiger partial charge < -0.3 is 10.4 Å². The molecule has 2 rings (SSSR count). The van der Waals surface area contributed by atoms with Crippen molar-refractivity contribution in [3.8, 4) is 0 Å². The summed E-state index contributed by atoms with van der Waals surface area (Å²) in [6.45, 7) is 2.78. The van der Waals surface area contributed by atoms with E-state index in [-0.39, 0.29) is 12.0 Å². The van der Waals surface area contributed by atoms with Gasteiger partial charge in [-0.2, -0.15) is 0 Å². The number of hydrogen-bond donors (Lipinski definition) is 2. The molecule has 104 valence electrons. The molecule has 2 N–H and O–H groups in total. The molecular weight excluding hydrogens is 238 g/mol. The van der Waals surface area contributed by atoms with Crippen LogP contribution in [0.25, 0.3) is 0 Å². The molecule has 1 amide bonds. The van der Waals surface area contributed by atoms with Crippen LogP contribution in [-0.4, -0.2) is 23.7 Å². The van der Waals surface area contributed by atoms with E-state index in [1.807, 2.05) is 31.2 Å². The molecule has 0 atom stereocenters. The van der Waals surface area contributed by atoms with Gasteiger partial charge in [-0.05, 0) is 49.7 Å². The fourth-order valence-corrected chi connectivity index (χ4v) is 2.65. The fraction of sp³-hybridized carbons (Fsp3) is 0.562. The maximum Gasteiger partial charge on any atom is 0.224 e. The number of rotatable bonds is 4. The van der Waals surface area contributed by atoms with Crippen molar-refractivity contribution >= 4 is 5.91 Å². The Hall–Kier alpha value is -1.35. The molecule has 0 spiro atoms. The Morgan fingerprint density at radius 3 is 2.63 bits per heavy atom. The number of aryl methyl sites for hydroxylation is 1. The number of hydrogen-bond acceptors (Lipinski definition) is 2. The summed E-state index contributed by atoms with van der Waals surface area (Å²) < 4.78 is 0. The van der Waals surface area contributed by atoms with Gasteiger partial charge in [0.1, 0.15) is 0 Å². The molecule has 0 aromatic heterocycles. The topological polar surface area (TPSA) is 49.3 Å². The molecule has 0 heterocycles. The Kier molecular flexibility index (Phi) is 4.97. The molecule has 1 aromatic carbocycles. The molecule has 0 bridgehead atoms. The Morgan fingerprint density at radius 1 is 1.26 bits per heavy atom. The summed E-state index contributed by atoms with van der Waals surface area (Å²) in [5.74, 6) is 0.629. The predicted molar refractivity (Wildman–Crippen MR) is 75.9 cm³/mol. The Labute approximate surface area is 115 Å².